The first-order valence-corrected chi connectivity index (χ1v) is 9.67. The van der Waals surface area contributed by atoms with E-state index in [1.165, 1.54) is 52.0 Å². The summed E-state index contributed by atoms with van der Waals surface area (Å²) in [6.07, 6.45) is 3.59. The van der Waals surface area contributed by atoms with Crippen molar-refractivity contribution in [3.05, 3.63) is 0 Å². The Morgan fingerprint density at radius 2 is 2.04 bits per heavy atom. The van der Waals surface area contributed by atoms with Crippen molar-refractivity contribution in [2.45, 2.75) is 26.2 Å². The summed E-state index contributed by atoms with van der Waals surface area (Å²) in [7, 11) is 4.35. The molecule has 2 rings (SSSR count). The Kier molecular flexibility index (Phi) is 8.84. The topological polar surface area (TPSA) is 43.3 Å². The van der Waals surface area contributed by atoms with Crippen LogP contribution < -0.4 is 5.32 Å². The third-order valence-corrected chi connectivity index (χ3v) is 4.99. The summed E-state index contributed by atoms with van der Waals surface area (Å²) >= 11 is 0. The van der Waals surface area contributed by atoms with Crippen molar-refractivity contribution in [1.29, 1.82) is 0 Å². The van der Waals surface area contributed by atoms with E-state index in [2.05, 4.69) is 41.0 Å². The Morgan fingerprint density at radius 3 is 2.71 bits per heavy atom. The highest BCUT2D eigenvalue weighted by Gasteiger charge is 2.19. The molecule has 6 heteroatoms. The number of nitrogens with zero attached hydrogens (tertiary/aromatic N) is 4. The van der Waals surface area contributed by atoms with Gasteiger partial charge in [-0.05, 0) is 39.8 Å². The first kappa shape index (κ1) is 19.5. The Hall–Kier alpha value is -0.850. The largest absolute Gasteiger partial charge is 0.381 e. The molecule has 0 radical (unpaired) electrons. The van der Waals surface area contributed by atoms with Crippen LogP contribution in [0.25, 0.3) is 0 Å². The molecule has 0 saturated carbocycles. The van der Waals surface area contributed by atoms with E-state index in [0.29, 0.717) is 5.92 Å². The third kappa shape index (κ3) is 6.95. The number of hydrogen-bond acceptors (Lipinski definition) is 4. The van der Waals surface area contributed by atoms with Gasteiger partial charge >= 0.3 is 0 Å². The average molecular weight is 340 g/mol. The zero-order valence-corrected chi connectivity index (χ0v) is 16.0. The number of ether oxygens (including phenoxy) is 1. The maximum Gasteiger partial charge on any atom is 0.193 e. The van der Waals surface area contributed by atoms with E-state index < -0.39 is 0 Å². The summed E-state index contributed by atoms with van der Waals surface area (Å²) in [6.45, 7) is 12.9. The lowest BCUT2D eigenvalue weighted by molar-refractivity contribution is 0.152. The Balaban J connectivity index is 1.64. The Labute approximate surface area is 148 Å². The smallest absolute Gasteiger partial charge is 0.193 e. The van der Waals surface area contributed by atoms with Crippen molar-refractivity contribution in [3.63, 3.8) is 0 Å². The van der Waals surface area contributed by atoms with Gasteiger partial charge in [0.05, 0.1) is 6.61 Å². The maximum absolute atomic E-state index is 5.48. The molecule has 1 atom stereocenters. The fraction of sp³-hybridized carbons (Fsp3) is 0.944. The predicted molar refractivity (Wildman–Crippen MR) is 101 cm³/mol. The van der Waals surface area contributed by atoms with Gasteiger partial charge in [0.25, 0.3) is 0 Å². The maximum atomic E-state index is 5.48. The second kappa shape index (κ2) is 10.9. The van der Waals surface area contributed by atoms with E-state index in [-0.39, 0.29) is 0 Å². The first-order valence-electron chi connectivity index (χ1n) is 9.67. The minimum absolute atomic E-state index is 0.649. The summed E-state index contributed by atoms with van der Waals surface area (Å²) in [5.74, 6) is 1.69. The number of rotatable bonds is 8. The van der Waals surface area contributed by atoms with Gasteiger partial charge in [0.15, 0.2) is 5.96 Å². The van der Waals surface area contributed by atoms with Crippen LogP contribution in [0.3, 0.4) is 0 Å². The van der Waals surface area contributed by atoms with Gasteiger partial charge in [-0.1, -0.05) is 0 Å². The Morgan fingerprint density at radius 1 is 1.25 bits per heavy atom. The molecule has 0 spiro atoms. The number of guanidine groups is 1. The number of nitrogens with one attached hydrogen (secondary N) is 1. The second-order valence-electron chi connectivity index (χ2n) is 7.20. The highest BCUT2D eigenvalue weighted by atomic mass is 16.5. The summed E-state index contributed by atoms with van der Waals surface area (Å²) in [5.41, 5.74) is 0. The highest BCUT2D eigenvalue weighted by molar-refractivity contribution is 5.79. The molecule has 0 amide bonds. The molecule has 24 heavy (non-hydrogen) atoms. The van der Waals surface area contributed by atoms with Crippen LogP contribution in [0.15, 0.2) is 4.99 Å². The normalized spacial score (nSPS) is 23.6. The van der Waals surface area contributed by atoms with Gasteiger partial charge in [-0.2, -0.15) is 0 Å². The lowest BCUT2D eigenvalue weighted by Crippen LogP contribution is -2.44. The van der Waals surface area contributed by atoms with Crippen molar-refractivity contribution in [2.75, 3.05) is 79.7 Å². The third-order valence-electron chi connectivity index (χ3n) is 4.99. The molecule has 6 nitrogen and oxygen atoms in total. The fourth-order valence-corrected chi connectivity index (χ4v) is 3.37. The van der Waals surface area contributed by atoms with Gasteiger partial charge in [0.1, 0.15) is 0 Å². The number of unbranched alkanes of at least 4 members (excludes halogenated alkanes) is 1. The molecule has 1 unspecified atom stereocenters. The van der Waals surface area contributed by atoms with E-state index in [0.717, 1.165) is 38.8 Å². The summed E-state index contributed by atoms with van der Waals surface area (Å²) in [6, 6.07) is 0. The minimum atomic E-state index is 0.649. The van der Waals surface area contributed by atoms with Crippen molar-refractivity contribution >= 4 is 5.96 Å². The van der Waals surface area contributed by atoms with Gasteiger partial charge in [0.2, 0.25) is 0 Å². The number of likely N-dealkylation sites (N-methyl/N-ethyl adjacent to an activating group) is 1. The summed E-state index contributed by atoms with van der Waals surface area (Å²) in [5, 5.41) is 3.42. The SMILES string of the molecule is CCNC(=NCCCCN1CCN(C)CC1)N(C)CC1CCOC1. The van der Waals surface area contributed by atoms with Crippen LogP contribution in [0.4, 0.5) is 0 Å². The van der Waals surface area contributed by atoms with Crippen LogP contribution in [-0.4, -0.2) is 100 Å². The molecule has 2 heterocycles. The number of piperazine rings is 1. The van der Waals surface area contributed by atoms with E-state index in [1.807, 2.05) is 0 Å². The van der Waals surface area contributed by atoms with Crippen LogP contribution in [0.1, 0.15) is 26.2 Å². The van der Waals surface area contributed by atoms with Crippen LogP contribution in [0.2, 0.25) is 0 Å². The number of hydrogen-bond donors (Lipinski definition) is 1. The standard InChI is InChI=1S/C18H37N5O/c1-4-19-18(22(3)15-17-7-14-24-16-17)20-8-5-6-9-23-12-10-21(2)11-13-23/h17H,4-16H2,1-3H3,(H,19,20). The molecular formula is C18H37N5O. The van der Waals surface area contributed by atoms with Gasteiger partial charge in [-0.15, -0.1) is 0 Å². The molecule has 0 aromatic heterocycles. The van der Waals surface area contributed by atoms with E-state index in [1.54, 1.807) is 0 Å². The average Bonchev–Trinajstić information content (AvgIpc) is 3.08. The molecule has 0 aliphatic carbocycles. The first-order chi connectivity index (χ1) is 11.7. The number of aliphatic imine (C=N–C) groups is 1. The van der Waals surface area contributed by atoms with Gasteiger partial charge in [-0.3, -0.25) is 4.99 Å². The lowest BCUT2D eigenvalue weighted by Gasteiger charge is -2.32. The van der Waals surface area contributed by atoms with Gasteiger partial charge in [0, 0.05) is 65.4 Å². The summed E-state index contributed by atoms with van der Waals surface area (Å²) < 4.78 is 5.48. The minimum Gasteiger partial charge on any atom is -0.381 e. The fourth-order valence-electron chi connectivity index (χ4n) is 3.37. The Bertz CT molecular complexity index is 362. The quantitative estimate of drug-likeness (QED) is 0.405. The van der Waals surface area contributed by atoms with Crippen LogP contribution in [0.5, 0.6) is 0 Å². The molecule has 2 aliphatic rings. The van der Waals surface area contributed by atoms with E-state index in [9.17, 15) is 0 Å². The molecule has 140 valence electrons. The molecule has 2 aliphatic heterocycles. The highest BCUT2D eigenvalue weighted by Crippen LogP contribution is 2.13. The van der Waals surface area contributed by atoms with Crippen molar-refractivity contribution in [1.82, 2.24) is 20.0 Å². The van der Waals surface area contributed by atoms with Crippen molar-refractivity contribution in [2.24, 2.45) is 10.9 Å². The zero-order valence-electron chi connectivity index (χ0n) is 16.0. The second-order valence-corrected chi connectivity index (χ2v) is 7.20. The van der Waals surface area contributed by atoms with Crippen molar-refractivity contribution in [3.8, 4) is 0 Å². The predicted octanol–water partition coefficient (Wildman–Crippen LogP) is 0.948. The molecule has 0 bridgehead atoms. The van der Waals surface area contributed by atoms with Gasteiger partial charge in [-0.25, -0.2) is 0 Å². The molecule has 2 fully saturated rings. The van der Waals surface area contributed by atoms with E-state index >= 15 is 0 Å². The monoisotopic (exact) mass is 339 g/mol. The lowest BCUT2D eigenvalue weighted by atomic mass is 10.1. The zero-order chi connectivity index (χ0) is 17.2. The van der Waals surface area contributed by atoms with Crippen LogP contribution >= 0.6 is 0 Å². The molecule has 0 aromatic rings. The van der Waals surface area contributed by atoms with Crippen molar-refractivity contribution < 1.29 is 4.74 Å². The van der Waals surface area contributed by atoms with Crippen LogP contribution in [0, 0.1) is 5.92 Å². The van der Waals surface area contributed by atoms with E-state index in [4.69, 9.17) is 9.73 Å². The molecular weight excluding hydrogens is 302 g/mol. The molecule has 1 N–H and O–H groups in total. The van der Waals surface area contributed by atoms with Gasteiger partial charge < -0.3 is 24.8 Å². The molecule has 2 saturated heterocycles. The van der Waals surface area contributed by atoms with Crippen LogP contribution in [-0.2, 0) is 4.74 Å². The summed E-state index contributed by atoms with van der Waals surface area (Å²) in [4.78, 5) is 12.1. The molecule has 0 aromatic carbocycles.